The molecule has 0 nitrogen and oxygen atoms in total. The molecular formula is C35H56. The zero-order chi connectivity index (χ0) is 24.8. The van der Waals surface area contributed by atoms with Crippen LogP contribution in [0.1, 0.15) is 130 Å². The molecule has 2 unspecified atom stereocenters. The highest BCUT2D eigenvalue weighted by molar-refractivity contribution is 5.21. The molecule has 0 N–H and O–H groups in total. The first-order valence-electron chi connectivity index (χ1n) is 15.7. The van der Waals surface area contributed by atoms with E-state index in [2.05, 4.69) is 33.9 Å². The van der Waals surface area contributed by atoms with Crippen LogP contribution in [0.4, 0.5) is 0 Å². The average molecular weight is 477 g/mol. The maximum atomic E-state index is 4.72. The smallest absolute Gasteiger partial charge is 0.0116 e. The van der Waals surface area contributed by atoms with Crippen LogP contribution in [0, 0.1) is 52.3 Å². The summed E-state index contributed by atoms with van der Waals surface area (Å²) >= 11 is 0. The van der Waals surface area contributed by atoms with Crippen molar-refractivity contribution in [3.05, 3.63) is 36.5 Å². The van der Waals surface area contributed by atoms with E-state index in [-0.39, 0.29) is 0 Å². The van der Waals surface area contributed by atoms with Crippen LogP contribution in [-0.2, 0) is 0 Å². The van der Waals surface area contributed by atoms with Gasteiger partial charge in [0.1, 0.15) is 0 Å². The first-order valence-corrected chi connectivity index (χ1v) is 15.7. The predicted molar refractivity (Wildman–Crippen MR) is 152 cm³/mol. The largest absolute Gasteiger partial charge is 0.0996 e. The van der Waals surface area contributed by atoms with E-state index in [0.29, 0.717) is 10.8 Å². The summed E-state index contributed by atoms with van der Waals surface area (Å²) in [6.07, 6.45) is 24.1. The molecule has 2 atom stereocenters. The molecule has 5 saturated carbocycles. The van der Waals surface area contributed by atoms with Crippen LogP contribution < -0.4 is 0 Å². The van der Waals surface area contributed by atoms with Gasteiger partial charge in [-0.1, -0.05) is 76.5 Å². The number of hydrogen-bond acceptors (Lipinski definition) is 0. The fourth-order valence-corrected chi connectivity index (χ4v) is 9.16. The molecule has 5 rings (SSSR count). The molecule has 5 aliphatic carbocycles. The Morgan fingerprint density at radius 2 is 1.23 bits per heavy atom. The van der Waals surface area contributed by atoms with Gasteiger partial charge in [-0.15, -0.1) is 0 Å². The number of hydrogen-bond donors (Lipinski definition) is 0. The zero-order valence-corrected chi connectivity index (χ0v) is 23.7. The minimum absolute atomic E-state index is 0.506. The Morgan fingerprint density at radius 3 is 1.80 bits per heavy atom. The molecule has 0 heteroatoms. The summed E-state index contributed by atoms with van der Waals surface area (Å²) in [5.74, 6) is 6.17. The van der Waals surface area contributed by atoms with Crippen molar-refractivity contribution < 1.29 is 0 Å². The lowest BCUT2D eigenvalue weighted by Crippen LogP contribution is -2.33. The van der Waals surface area contributed by atoms with Gasteiger partial charge in [-0.2, -0.15) is 0 Å². The molecule has 0 aromatic carbocycles. The molecule has 0 radical (unpaired) electrons. The Balaban J connectivity index is 1.04. The molecule has 0 bridgehead atoms. The van der Waals surface area contributed by atoms with Gasteiger partial charge in [0.25, 0.3) is 0 Å². The lowest BCUT2D eigenvalue weighted by Gasteiger charge is -2.45. The average Bonchev–Trinajstić information content (AvgIpc) is 3.60. The maximum absolute atomic E-state index is 4.72. The van der Waals surface area contributed by atoms with Crippen molar-refractivity contribution >= 4 is 0 Å². The summed E-state index contributed by atoms with van der Waals surface area (Å²) in [5, 5.41) is 0. The lowest BCUT2D eigenvalue weighted by atomic mass is 9.60. The zero-order valence-electron chi connectivity index (χ0n) is 23.7. The molecule has 0 heterocycles. The Morgan fingerprint density at radius 1 is 0.657 bits per heavy atom. The van der Waals surface area contributed by atoms with Crippen molar-refractivity contribution in [2.75, 3.05) is 0 Å². The highest BCUT2D eigenvalue weighted by atomic mass is 14.5. The third-order valence-electron chi connectivity index (χ3n) is 12.0. The second-order valence-electron chi connectivity index (χ2n) is 15.2. The summed E-state index contributed by atoms with van der Waals surface area (Å²) in [5.41, 5.74) is 5.92. The number of allylic oxidation sites excluding steroid dienone is 3. The van der Waals surface area contributed by atoms with E-state index in [1.54, 1.807) is 16.7 Å². The fourth-order valence-electron chi connectivity index (χ4n) is 9.16. The maximum Gasteiger partial charge on any atom is -0.0116 e. The molecule has 0 spiro atoms. The van der Waals surface area contributed by atoms with Crippen LogP contribution in [0.2, 0.25) is 0 Å². The lowest BCUT2D eigenvalue weighted by molar-refractivity contribution is 0.110. The third-order valence-corrected chi connectivity index (χ3v) is 12.0. The van der Waals surface area contributed by atoms with Crippen molar-refractivity contribution in [2.24, 2.45) is 52.3 Å². The molecule has 196 valence electrons. The topological polar surface area (TPSA) is 0 Å². The van der Waals surface area contributed by atoms with Crippen molar-refractivity contribution in [3.63, 3.8) is 0 Å². The van der Waals surface area contributed by atoms with Crippen LogP contribution in [-0.4, -0.2) is 0 Å². The molecule has 0 amide bonds. The Kier molecular flexibility index (Phi) is 7.52. The molecule has 0 aliphatic heterocycles. The van der Waals surface area contributed by atoms with Crippen LogP contribution >= 0.6 is 0 Å². The van der Waals surface area contributed by atoms with Gasteiger partial charge < -0.3 is 0 Å². The standard InChI is InChI=1S/C35H56/c1-24(33-22-34(4,5)23-33)20-27-8-7-9-32(21-27)31-16-12-29(13-17-31)25(2)28-10-14-30(15-11-28)26(3)35(6)18-19-35/h27-33H,1-3,7-23H2,4-6H3. The summed E-state index contributed by atoms with van der Waals surface area (Å²) in [6.45, 7) is 21.1. The minimum atomic E-state index is 0.506. The molecule has 5 aliphatic rings. The van der Waals surface area contributed by atoms with Gasteiger partial charge in [0, 0.05) is 0 Å². The molecule has 0 aromatic rings. The van der Waals surface area contributed by atoms with Crippen molar-refractivity contribution in [1.82, 2.24) is 0 Å². The molecule has 0 saturated heterocycles. The van der Waals surface area contributed by atoms with Gasteiger partial charge in [-0.3, -0.25) is 0 Å². The molecule has 35 heavy (non-hydrogen) atoms. The SMILES string of the molecule is C=C(CC1CCCC(C2CCC(C(=C)C3CCC(C(=C)C4(C)CC4)CC3)CC2)C1)C1CC(C)(C)C1. The van der Waals surface area contributed by atoms with E-state index in [1.165, 1.54) is 109 Å². The predicted octanol–water partition coefficient (Wildman–Crippen LogP) is 10.7. The van der Waals surface area contributed by atoms with E-state index < -0.39 is 0 Å². The second kappa shape index (κ2) is 10.2. The summed E-state index contributed by atoms with van der Waals surface area (Å²) in [6, 6.07) is 0. The summed E-state index contributed by atoms with van der Waals surface area (Å²) < 4.78 is 0. The van der Waals surface area contributed by atoms with Crippen molar-refractivity contribution in [2.45, 2.75) is 130 Å². The van der Waals surface area contributed by atoms with Gasteiger partial charge >= 0.3 is 0 Å². The van der Waals surface area contributed by atoms with E-state index in [1.807, 2.05) is 0 Å². The molecule has 0 aromatic heterocycles. The van der Waals surface area contributed by atoms with Gasteiger partial charge in [0.2, 0.25) is 0 Å². The van der Waals surface area contributed by atoms with Gasteiger partial charge in [0.05, 0.1) is 0 Å². The van der Waals surface area contributed by atoms with E-state index in [0.717, 1.165) is 41.4 Å². The van der Waals surface area contributed by atoms with E-state index in [4.69, 9.17) is 6.58 Å². The van der Waals surface area contributed by atoms with Crippen LogP contribution in [0.15, 0.2) is 36.5 Å². The van der Waals surface area contributed by atoms with Crippen molar-refractivity contribution in [3.8, 4) is 0 Å². The summed E-state index contributed by atoms with van der Waals surface area (Å²) in [4.78, 5) is 0. The molecule has 5 fully saturated rings. The van der Waals surface area contributed by atoms with Crippen LogP contribution in [0.3, 0.4) is 0 Å². The number of rotatable bonds is 8. The normalized spacial score (nSPS) is 38.8. The Bertz CT molecular complexity index is 782. The van der Waals surface area contributed by atoms with E-state index in [9.17, 15) is 0 Å². The van der Waals surface area contributed by atoms with E-state index >= 15 is 0 Å². The third kappa shape index (κ3) is 5.88. The molecular weight excluding hydrogens is 420 g/mol. The first kappa shape index (κ1) is 25.9. The first-order chi connectivity index (χ1) is 16.6. The second-order valence-corrected chi connectivity index (χ2v) is 15.2. The van der Waals surface area contributed by atoms with Gasteiger partial charge in [-0.05, 0) is 142 Å². The monoisotopic (exact) mass is 476 g/mol. The van der Waals surface area contributed by atoms with Gasteiger partial charge in [-0.25, -0.2) is 0 Å². The Labute approximate surface area is 218 Å². The van der Waals surface area contributed by atoms with Crippen LogP contribution in [0.25, 0.3) is 0 Å². The highest BCUT2D eigenvalue weighted by Gasteiger charge is 2.43. The summed E-state index contributed by atoms with van der Waals surface area (Å²) in [7, 11) is 0. The Hall–Kier alpha value is -0.780. The minimum Gasteiger partial charge on any atom is -0.0996 e. The highest BCUT2D eigenvalue weighted by Crippen LogP contribution is 2.56. The van der Waals surface area contributed by atoms with Crippen LogP contribution in [0.5, 0.6) is 0 Å². The fraction of sp³-hybridized carbons (Fsp3) is 0.829. The van der Waals surface area contributed by atoms with Crippen molar-refractivity contribution in [1.29, 1.82) is 0 Å². The van der Waals surface area contributed by atoms with Gasteiger partial charge in [0.15, 0.2) is 0 Å². The quantitative estimate of drug-likeness (QED) is 0.305.